The highest BCUT2D eigenvalue weighted by Crippen LogP contribution is 2.53. The molecule has 160 valence electrons. The van der Waals surface area contributed by atoms with Gasteiger partial charge in [-0.2, -0.15) is 0 Å². The molecule has 0 radical (unpaired) electrons. The molecule has 0 spiro atoms. The number of hydrogen-bond donors (Lipinski definition) is 0. The van der Waals surface area contributed by atoms with E-state index in [-0.39, 0.29) is 30.0 Å². The summed E-state index contributed by atoms with van der Waals surface area (Å²) >= 11 is 3.55. The third-order valence-corrected chi connectivity index (χ3v) is 8.55. The Morgan fingerprint density at radius 3 is 2.62 bits per heavy atom. The molecule has 3 aliphatic rings. The third kappa shape index (κ3) is 4.44. The zero-order chi connectivity index (χ0) is 21.4. The van der Waals surface area contributed by atoms with Gasteiger partial charge in [-0.05, 0) is 25.3 Å². The van der Waals surface area contributed by atoms with Gasteiger partial charge in [0.25, 0.3) is 0 Å². The van der Waals surface area contributed by atoms with Crippen LogP contribution in [0.15, 0.2) is 23.8 Å². The fraction of sp³-hybridized carbons (Fsp3) is 0.667. The van der Waals surface area contributed by atoms with Crippen LogP contribution in [0.1, 0.15) is 25.7 Å². The van der Waals surface area contributed by atoms with E-state index >= 15 is 0 Å². The molecule has 2 saturated heterocycles. The number of alkyl halides is 1. The SMILES string of the molecule is COC(=O)CC/C(=C/C[Si](C)(C)C)CCCN1C(=O)[C@@H]2[C@H]3C=C[C@H](O3)[C@]2(Br)C1=O. The van der Waals surface area contributed by atoms with Crippen molar-refractivity contribution in [3.63, 3.8) is 0 Å². The largest absolute Gasteiger partial charge is 0.469 e. The van der Waals surface area contributed by atoms with E-state index in [9.17, 15) is 14.4 Å². The number of ether oxygens (including phenoxy) is 2. The molecular formula is C21H30BrNO5Si. The molecule has 3 heterocycles. The number of rotatable bonds is 9. The van der Waals surface area contributed by atoms with Crippen LogP contribution < -0.4 is 0 Å². The molecule has 2 fully saturated rings. The van der Waals surface area contributed by atoms with E-state index in [4.69, 9.17) is 9.47 Å². The number of hydrogen-bond acceptors (Lipinski definition) is 5. The van der Waals surface area contributed by atoms with Gasteiger partial charge < -0.3 is 9.47 Å². The van der Waals surface area contributed by atoms with E-state index in [1.54, 1.807) is 0 Å². The summed E-state index contributed by atoms with van der Waals surface area (Å²) in [6.45, 7) is 7.31. The van der Waals surface area contributed by atoms with Gasteiger partial charge in [0, 0.05) is 21.0 Å². The van der Waals surface area contributed by atoms with E-state index in [0.717, 1.165) is 12.5 Å². The maximum absolute atomic E-state index is 13.0. The Morgan fingerprint density at radius 1 is 1.28 bits per heavy atom. The fourth-order valence-corrected chi connectivity index (χ4v) is 6.02. The van der Waals surface area contributed by atoms with E-state index in [0.29, 0.717) is 25.8 Å². The number of esters is 1. The molecule has 3 rings (SSSR count). The topological polar surface area (TPSA) is 72.9 Å². The van der Waals surface area contributed by atoms with Gasteiger partial charge in [0.1, 0.15) is 10.4 Å². The fourth-order valence-electron chi connectivity index (χ4n) is 4.19. The first-order valence-corrected chi connectivity index (χ1v) is 14.7. The summed E-state index contributed by atoms with van der Waals surface area (Å²) in [7, 11) is 0.156. The molecule has 0 aromatic carbocycles. The minimum atomic E-state index is -1.24. The highest BCUT2D eigenvalue weighted by Gasteiger charge is 2.70. The molecule has 2 amide bonds. The smallest absolute Gasteiger partial charge is 0.305 e. The van der Waals surface area contributed by atoms with Crippen LogP contribution in [0, 0.1) is 5.92 Å². The van der Waals surface area contributed by atoms with E-state index in [1.807, 2.05) is 12.2 Å². The summed E-state index contributed by atoms with van der Waals surface area (Å²) < 4.78 is 9.55. The normalized spacial score (nSPS) is 31.0. The molecular weight excluding hydrogens is 454 g/mol. The molecule has 0 aromatic rings. The van der Waals surface area contributed by atoms with Crippen molar-refractivity contribution in [3.8, 4) is 0 Å². The third-order valence-electron chi connectivity index (χ3n) is 5.84. The van der Waals surface area contributed by atoms with E-state index in [1.165, 1.54) is 17.6 Å². The zero-order valence-corrected chi connectivity index (χ0v) is 20.2. The molecule has 8 heteroatoms. The average Bonchev–Trinajstić information content (AvgIpc) is 3.29. The summed E-state index contributed by atoms with van der Waals surface area (Å²) in [5.41, 5.74) is 1.20. The first-order chi connectivity index (χ1) is 13.6. The molecule has 4 atom stereocenters. The summed E-state index contributed by atoms with van der Waals surface area (Å²) in [5.74, 6) is -1.02. The molecule has 6 nitrogen and oxygen atoms in total. The Balaban J connectivity index is 1.60. The molecule has 0 N–H and O–H groups in total. The maximum atomic E-state index is 13.0. The first-order valence-electron chi connectivity index (χ1n) is 10.2. The number of allylic oxidation sites excluding steroid dienone is 2. The van der Waals surface area contributed by atoms with Gasteiger partial charge in [-0.1, -0.05) is 59.4 Å². The van der Waals surface area contributed by atoms with Crippen LogP contribution >= 0.6 is 15.9 Å². The molecule has 29 heavy (non-hydrogen) atoms. The summed E-state index contributed by atoms with van der Waals surface area (Å²) in [4.78, 5) is 38.8. The van der Waals surface area contributed by atoms with Crippen LogP contribution in [0.4, 0.5) is 0 Å². The van der Waals surface area contributed by atoms with Crippen molar-refractivity contribution in [2.45, 2.75) is 67.9 Å². The van der Waals surface area contributed by atoms with Crippen LogP contribution in [-0.4, -0.2) is 60.9 Å². The number of nitrogens with zero attached hydrogens (tertiary/aromatic N) is 1. The van der Waals surface area contributed by atoms with Gasteiger partial charge in [0.05, 0.1) is 19.1 Å². The lowest BCUT2D eigenvalue weighted by Gasteiger charge is -2.23. The number of halogens is 1. The number of carbonyl (C=O) groups excluding carboxylic acids is 3. The lowest BCUT2D eigenvalue weighted by Crippen LogP contribution is -2.44. The van der Waals surface area contributed by atoms with Crippen molar-refractivity contribution in [1.82, 2.24) is 4.90 Å². The quantitative estimate of drug-likeness (QED) is 0.165. The Hall–Kier alpha value is -1.25. The van der Waals surface area contributed by atoms with Crippen LogP contribution in [0.25, 0.3) is 0 Å². The van der Waals surface area contributed by atoms with Gasteiger partial charge in [-0.3, -0.25) is 19.3 Å². The van der Waals surface area contributed by atoms with Crippen molar-refractivity contribution < 1.29 is 23.9 Å². The lowest BCUT2D eigenvalue weighted by atomic mass is 9.85. The van der Waals surface area contributed by atoms with E-state index < -0.39 is 18.3 Å². The van der Waals surface area contributed by atoms with Crippen molar-refractivity contribution in [3.05, 3.63) is 23.8 Å². The second-order valence-corrected chi connectivity index (χ2v) is 16.1. The highest BCUT2D eigenvalue weighted by atomic mass is 79.9. The summed E-state index contributed by atoms with van der Waals surface area (Å²) in [6.07, 6.45) is 7.79. The molecule has 0 unspecified atom stereocenters. The maximum Gasteiger partial charge on any atom is 0.305 e. The van der Waals surface area contributed by atoms with Crippen LogP contribution in [0.5, 0.6) is 0 Å². The van der Waals surface area contributed by atoms with Gasteiger partial charge >= 0.3 is 5.97 Å². The number of imide groups is 1. The van der Waals surface area contributed by atoms with Crippen LogP contribution in [-0.2, 0) is 23.9 Å². The monoisotopic (exact) mass is 483 g/mol. The Kier molecular flexibility index (Phi) is 6.55. The predicted octanol–water partition coefficient (Wildman–Crippen LogP) is 3.44. The van der Waals surface area contributed by atoms with Crippen molar-refractivity contribution >= 4 is 41.8 Å². The van der Waals surface area contributed by atoms with Gasteiger partial charge in [-0.25, -0.2) is 0 Å². The number of amides is 2. The number of methoxy groups -OCH3 is 1. The van der Waals surface area contributed by atoms with Crippen LogP contribution in [0.2, 0.25) is 25.7 Å². The summed E-state index contributed by atoms with van der Waals surface area (Å²) in [6, 6.07) is 1.05. The molecule has 0 saturated carbocycles. The minimum absolute atomic E-state index is 0.147. The molecule has 2 bridgehead atoms. The Labute approximate surface area is 181 Å². The Morgan fingerprint density at radius 2 is 2.00 bits per heavy atom. The van der Waals surface area contributed by atoms with Crippen molar-refractivity contribution in [2.75, 3.05) is 13.7 Å². The molecule has 0 aliphatic carbocycles. The van der Waals surface area contributed by atoms with Crippen molar-refractivity contribution in [2.24, 2.45) is 5.92 Å². The van der Waals surface area contributed by atoms with Crippen molar-refractivity contribution in [1.29, 1.82) is 0 Å². The van der Waals surface area contributed by atoms with Crippen LogP contribution in [0.3, 0.4) is 0 Å². The highest BCUT2D eigenvalue weighted by molar-refractivity contribution is 9.10. The number of fused-ring (bicyclic) bond motifs is 5. The Bertz CT molecular complexity index is 759. The lowest BCUT2D eigenvalue weighted by molar-refractivity contribution is -0.142. The second-order valence-electron chi connectivity index (χ2n) is 9.25. The van der Waals surface area contributed by atoms with Gasteiger partial charge in [0.15, 0.2) is 0 Å². The first kappa shape index (κ1) is 22.4. The molecule has 3 aliphatic heterocycles. The minimum Gasteiger partial charge on any atom is -0.469 e. The average molecular weight is 484 g/mol. The zero-order valence-electron chi connectivity index (χ0n) is 17.6. The standard InChI is InChI=1S/C21H30BrNO5Si/c1-27-17(24)10-7-14(11-13-29(2,3)4)6-5-12-23-19(25)18-15-8-9-16(28-15)21(18,22)20(23)26/h8-9,11,15-16,18H,5-7,10,12-13H2,1-4H3/b14-11+/t15-,16+,18+,21-/m1/s1. The second kappa shape index (κ2) is 8.47. The molecule has 0 aromatic heterocycles. The number of likely N-dealkylation sites (tertiary alicyclic amines) is 1. The van der Waals surface area contributed by atoms with Gasteiger partial charge in [0.2, 0.25) is 11.8 Å². The summed E-state index contributed by atoms with van der Waals surface area (Å²) in [5, 5.41) is 0. The van der Waals surface area contributed by atoms with E-state index in [2.05, 4.69) is 41.6 Å². The van der Waals surface area contributed by atoms with Gasteiger partial charge in [-0.15, -0.1) is 0 Å². The number of carbonyl (C=O) groups is 3. The predicted molar refractivity (Wildman–Crippen MR) is 116 cm³/mol.